The predicted octanol–water partition coefficient (Wildman–Crippen LogP) is 1.90. The maximum atomic E-state index is 11.6. The van der Waals surface area contributed by atoms with Gasteiger partial charge in [-0.2, -0.15) is 0 Å². The van der Waals surface area contributed by atoms with Gasteiger partial charge in [0.1, 0.15) is 5.60 Å². The third-order valence-electron chi connectivity index (χ3n) is 3.97. The molecule has 1 saturated carbocycles. The molecule has 2 rings (SSSR count). The first kappa shape index (κ1) is 12.7. The maximum Gasteiger partial charge on any atom is 0.407 e. The van der Waals surface area contributed by atoms with E-state index in [2.05, 4.69) is 10.6 Å². The fourth-order valence-corrected chi connectivity index (χ4v) is 2.88. The highest BCUT2D eigenvalue weighted by Crippen LogP contribution is 2.48. The zero-order valence-electron chi connectivity index (χ0n) is 11.1. The van der Waals surface area contributed by atoms with E-state index in [1.165, 1.54) is 19.3 Å². The highest BCUT2D eigenvalue weighted by molar-refractivity contribution is 5.67. The third-order valence-corrected chi connectivity index (χ3v) is 3.97. The van der Waals surface area contributed by atoms with Crippen LogP contribution in [0.2, 0.25) is 0 Å². The summed E-state index contributed by atoms with van der Waals surface area (Å²) in [6.45, 7) is 8.54. The fraction of sp³-hybridized carbons (Fsp3) is 0.923. The van der Waals surface area contributed by atoms with Crippen LogP contribution in [0.3, 0.4) is 0 Å². The van der Waals surface area contributed by atoms with Crippen molar-refractivity contribution in [2.45, 2.75) is 45.6 Å². The van der Waals surface area contributed by atoms with E-state index in [1.807, 2.05) is 20.8 Å². The van der Waals surface area contributed by atoms with Gasteiger partial charge in [0.2, 0.25) is 0 Å². The molecule has 1 spiro atoms. The molecule has 1 unspecified atom stereocenters. The number of hydrogen-bond donors (Lipinski definition) is 2. The molecule has 4 heteroatoms. The van der Waals surface area contributed by atoms with Crippen LogP contribution >= 0.6 is 0 Å². The lowest BCUT2D eigenvalue weighted by atomic mass is 9.63. The van der Waals surface area contributed by atoms with Crippen LogP contribution in [0, 0.1) is 11.3 Å². The minimum atomic E-state index is -0.411. The van der Waals surface area contributed by atoms with E-state index in [0.29, 0.717) is 11.3 Å². The summed E-state index contributed by atoms with van der Waals surface area (Å²) < 4.78 is 5.25. The monoisotopic (exact) mass is 240 g/mol. The molecule has 1 amide bonds. The van der Waals surface area contributed by atoms with Crippen molar-refractivity contribution in [1.82, 2.24) is 10.6 Å². The second-order valence-corrected chi connectivity index (χ2v) is 6.43. The quantitative estimate of drug-likeness (QED) is 0.775. The molecule has 17 heavy (non-hydrogen) atoms. The largest absolute Gasteiger partial charge is 0.444 e. The van der Waals surface area contributed by atoms with Gasteiger partial charge < -0.3 is 15.4 Å². The highest BCUT2D eigenvalue weighted by atomic mass is 16.6. The van der Waals surface area contributed by atoms with Crippen molar-refractivity contribution in [3.8, 4) is 0 Å². The van der Waals surface area contributed by atoms with Gasteiger partial charge in [-0.15, -0.1) is 0 Å². The number of carbonyl (C=O) groups excluding carboxylic acids is 1. The summed E-state index contributed by atoms with van der Waals surface area (Å²) in [4.78, 5) is 11.6. The van der Waals surface area contributed by atoms with Gasteiger partial charge in [-0.3, -0.25) is 0 Å². The number of hydrogen-bond acceptors (Lipinski definition) is 3. The molecule has 2 aliphatic rings. The summed E-state index contributed by atoms with van der Waals surface area (Å²) in [7, 11) is 0. The average molecular weight is 240 g/mol. The standard InChI is InChI=1S/C13H24N2O2/c1-12(2,3)17-11(16)15-8-10-7-14-9-13(10)5-4-6-13/h10,14H,4-9H2,1-3H3,(H,15,16). The number of ether oxygens (including phenoxy) is 1. The first-order chi connectivity index (χ1) is 7.91. The lowest BCUT2D eigenvalue weighted by Gasteiger charge is -2.42. The van der Waals surface area contributed by atoms with Gasteiger partial charge in [0.15, 0.2) is 0 Å². The van der Waals surface area contributed by atoms with E-state index >= 15 is 0 Å². The van der Waals surface area contributed by atoms with E-state index < -0.39 is 5.60 Å². The Kier molecular flexibility index (Phi) is 3.34. The summed E-state index contributed by atoms with van der Waals surface area (Å²) >= 11 is 0. The fourth-order valence-electron chi connectivity index (χ4n) is 2.88. The van der Waals surface area contributed by atoms with Crippen molar-refractivity contribution in [2.75, 3.05) is 19.6 Å². The van der Waals surface area contributed by atoms with Crippen LogP contribution in [0.4, 0.5) is 4.79 Å². The number of carbonyl (C=O) groups is 1. The molecule has 2 N–H and O–H groups in total. The Hall–Kier alpha value is -0.770. The van der Waals surface area contributed by atoms with Crippen molar-refractivity contribution >= 4 is 6.09 Å². The summed E-state index contributed by atoms with van der Waals surface area (Å²) in [5, 5.41) is 6.35. The molecule has 98 valence electrons. The smallest absolute Gasteiger partial charge is 0.407 e. The van der Waals surface area contributed by atoms with Crippen molar-refractivity contribution in [3.63, 3.8) is 0 Å². The van der Waals surface area contributed by atoms with E-state index in [1.54, 1.807) is 0 Å². The molecule has 1 aliphatic carbocycles. The van der Waals surface area contributed by atoms with E-state index in [0.717, 1.165) is 19.6 Å². The molecular formula is C13H24N2O2. The molecule has 0 radical (unpaired) electrons. The first-order valence-electron chi connectivity index (χ1n) is 6.59. The SMILES string of the molecule is CC(C)(C)OC(=O)NCC1CNCC12CCC2. The lowest BCUT2D eigenvalue weighted by molar-refractivity contribution is 0.0471. The van der Waals surface area contributed by atoms with Gasteiger partial charge in [-0.1, -0.05) is 6.42 Å². The Morgan fingerprint density at radius 1 is 1.47 bits per heavy atom. The summed E-state index contributed by atoms with van der Waals surface area (Å²) in [5.74, 6) is 0.573. The van der Waals surface area contributed by atoms with Crippen LogP contribution in [0.5, 0.6) is 0 Å². The summed E-state index contributed by atoms with van der Waals surface area (Å²) in [5.41, 5.74) is 0.0567. The zero-order valence-corrected chi connectivity index (χ0v) is 11.1. The third kappa shape index (κ3) is 2.92. The van der Waals surface area contributed by atoms with Crippen molar-refractivity contribution < 1.29 is 9.53 Å². The van der Waals surface area contributed by atoms with Crippen LogP contribution in [0.15, 0.2) is 0 Å². The van der Waals surface area contributed by atoms with Gasteiger partial charge in [-0.25, -0.2) is 4.79 Å². The number of amides is 1. The molecule has 0 bridgehead atoms. The van der Waals surface area contributed by atoms with Crippen molar-refractivity contribution in [3.05, 3.63) is 0 Å². The molecule has 1 heterocycles. The predicted molar refractivity (Wildman–Crippen MR) is 66.9 cm³/mol. The number of nitrogens with one attached hydrogen (secondary N) is 2. The first-order valence-corrected chi connectivity index (χ1v) is 6.59. The Bertz CT molecular complexity index is 292. The van der Waals surface area contributed by atoms with Crippen LogP contribution in [0.25, 0.3) is 0 Å². The normalized spacial score (nSPS) is 26.6. The average Bonchev–Trinajstić information content (AvgIpc) is 2.54. The highest BCUT2D eigenvalue weighted by Gasteiger charge is 2.46. The minimum absolute atomic E-state index is 0.293. The van der Waals surface area contributed by atoms with Crippen molar-refractivity contribution in [1.29, 1.82) is 0 Å². The Balaban J connectivity index is 1.76. The Morgan fingerprint density at radius 2 is 2.18 bits per heavy atom. The van der Waals surface area contributed by atoms with E-state index in [-0.39, 0.29) is 6.09 Å². The number of alkyl carbamates (subject to hydrolysis) is 1. The van der Waals surface area contributed by atoms with Crippen LogP contribution in [-0.4, -0.2) is 31.3 Å². The molecule has 4 nitrogen and oxygen atoms in total. The van der Waals surface area contributed by atoms with Gasteiger partial charge in [0.05, 0.1) is 0 Å². The van der Waals surface area contributed by atoms with Gasteiger partial charge in [0, 0.05) is 19.6 Å². The number of rotatable bonds is 2. The lowest BCUT2D eigenvalue weighted by Crippen LogP contribution is -2.43. The molecule has 0 aromatic carbocycles. The second-order valence-electron chi connectivity index (χ2n) is 6.43. The topological polar surface area (TPSA) is 50.4 Å². The maximum absolute atomic E-state index is 11.6. The molecular weight excluding hydrogens is 216 g/mol. The van der Waals surface area contributed by atoms with Crippen molar-refractivity contribution in [2.24, 2.45) is 11.3 Å². The molecule has 1 atom stereocenters. The van der Waals surface area contributed by atoms with Crippen LogP contribution in [-0.2, 0) is 4.74 Å². The van der Waals surface area contributed by atoms with Gasteiger partial charge in [-0.05, 0) is 44.9 Å². The van der Waals surface area contributed by atoms with Crippen LogP contribution < -0.4 is 10.6 Å². The Morgan fingerprint density at radius 3 is 2.71 bits per heavy atom. The van der Waals surface area contributed by atoms with E-state index in [9.17, 15) is 4.79 Å². The molecule has 0 aromatic rings. The van der Waals surface area contributed by atoms with E-state index in [4.69, 9.17) is 4.74 Å². The summed E-state index contributed by atoms with van der Waals surface area (Å²) in [6, 6.07) is 0. The van der Waals surface area contributed by atoms with Gasteiger partial charge >= 0.3 is 6.09 Å². The molecule has 0 aromatic heterocycles. The second kappa shape index (κ2) is 4.48. The summed E-state index contributed by atoms with van der Waals surface area (Å²) in [6.07, 6.45) is 3.66. The minimum Gasteiger partial charge on any atom is -0.444 e. The molecule has 1 aliphatic heterocycles. The molecule has 2 fully saturated rings. The Labute approximate surface area is 103 Å². The van der Waals surface area contributed by atoms with Gasteiger partial charge in [0.25, 0.3) is 0 Å². The van der Waals surface area contributed by atoms with Crippen LogP contribution in [0.1, 0.15) is 40.0 Å². The zero-order chi connectivity index (χ0) is 12.5. The molecule has 1 saturated heterocycles.